The van der Waals surface area contributed by atoms with E-state index in [4.69, 9.17) is 5.26 Å². The SMILES string of the molecule is Cc1cccc(F)c1NCc1ccc(C#N)s1. The van der Waals surface area contributed by atoms with Gasteiger partial charge in [-0.05, 0) is 30.7 Å². The van der Waals surface area contributed by atoms with E-state index in [-0.39, 0.29) is 5.82 Å². The molecule has 2 nitrogen and oxygen atoms in total. The largest absolute Gasteiger partial charge is 0.378 e. The molecule has 2 rings (SSSR count). The Balaban J connectivity index is 2.10. The van der Waals surface area contributed by atoms with Gasteiger partial charge in [0, 0.05) is 11.4 Å². The molecule has 1 aromatic carbocycles. The van der Waals surface area contributed by atoms with E-state index < -0.39 is 0 Å². The summed E-state index contributed by atoms with van der Waals surface area (Å²) in [6, 6.07) is 10.7. The number of halogens is 1. The Bertz CT molecular complexity index is 549. The summed E-state index contributed by atoms with van der Waals surface area (Å²) in [6.07, 6.45) is 0. The van der Waals surface area contributed by atoms with Gasteiger partial charge in [-0.2, -0.15) is 5.26 Å². The predicted molar refractivity (Wildman–Crippen MR) is 67.5 cm³/mol. The van der Waals surface area contributed by atoms with E-state index >= 15 is 0 Å². The van der Waals surface area contributed by atoms with Crippen LogP contribution in [0.25, 0.3) is 0 Å². The van der Waals surface area contributed by atoms with Gasteiger partial charge in [-0.3, -0.25) is 0 Å². The zero-order chi connectivity index (χ0) is 12.3. The molecule has 0 saturated carbocycles. The minimum absolute atomic E-state index is 0.248. The Hall–Kier alpha value is -1.86. The van der Waals surface area contributed by atoms with Crippen LogP contribution in [0.2, 0.25) is 0 Å². The third-order valence-electron chi connectivity index (χ3n) is 2.43. The van der Waals surface area contributed by atoms with Crippen LogP contribution in [0.3, 0.4) is 0 Å². The molecule has 1 aromatic heterocycles. The van der Waals surface area contributed by atoms with Crippen LogP contribution in [0.15, 0.2) is 30.3 Å². The van der Waals surface area contributed by atoms with Crippen molar-refractivity contribution in [2.24, 2.45) is 0 Å². The molecule has 0 unspecified atom stereocenters. The lowest BCUT2D eigenvalue weighted by atomic mass is 10.2. The molecule has 0 amide bonds. The van der Waals surface area contributed by atoms with Gasteiger partial charge in [-0.1, -0.05) is 12.1 Å². The fourth-order valence-electron chi connectivity index (χ4n) is 1.56. The van der Waals surface area contributed by atoms with Crippen LogP contribution in [0, 0.1) is 24.1 Å². The number of thiophene rings is 1. The Kier molecular flexibility index (Phi) is 3.40. The highest BCUT2D eigenvalue weighted by Crippen LogP contribution is 2.21. The van der Waals surface area contributed by atoms with E-state index in [0.717, 1.165) is 10.4 Å². The minimum Gasteiger partial charge on any atom is -0.378 e. The molecule has 2 aromatic rings. The number of hydrogen-bond acceptors (Lipinski definition) is 3. The standard InChI is InChI=1S/C13H11FN2S/c1-9-3-2-4-12(14)13(9)16-8-11-6-5-10(7-15)17-11/h2-6,16H,8H2,1H3. The summed E-state index contributed by atoms with van der Waals surface area (Å²) >= 11 is 1.42. The maximum Gasteiger partial charge on any atom is 0.146 e. The smallest absolute Gasteiger partial charge is 0.146 e. The lowest BCUT2D eigenvalue weighted by Crippen LogP contribution is -2.01. The normalized spacial score (nSPS) is 9.94. The van der Waals surface area contributed by atoms with Gasteiger partial charge in [-0.15, -0.1) is 11.3 Å². The number of benzene rings is 1. The average molecular weight is 246 g/mol. The first-order valence-corrected chi connectivity index (χ1v) is 6.00. The molecular weight excluding hydrogens is 235 g/mol. The lowest BCUT2D eigenvalue weighted by molar-refractivity contribution is 0.629. The molecular formula is C13H11FN2S. The molecule has 0 spiro atoms. The number of aryl methyl sites for hydroxylation is 1. The first-order chi connectivity index (χ1) is 8.20. The molecule has 1 N–H and O–H groups in total. The molecule has 0 saturated heterocycles. The maximum atomic E-state index is 13.5. The fourth-order valence-corrected chi connectivity index (χ4v) is 2.31. The van der Waals surface area contributed by atoms with Gasteiger partial charge in [0.1, 0.15) is 16.8 Å². The van der Waals surface area contributed by atoms with Gasteiger partial charge < -0.3 is 5.32 Å². The van der Waals surface area contributed by atoms with Gasteiger partial charge in [0.2, 0.25) is 0 Å². The van der Waals surface area contributed by atoms with E-state index in [1.54, 1.807) is 12.1 Å². The summed E-state index contributed by atoms with van der Waals surface area (Å²) in [5.41, 5.74) is 1.40. The fraction of sp³-hybridized carbons (Fsp3) is 0.154. The van der Waals surface area contributed by atoms with E-state index in [0.29, 0.717) is 17.1 Å². The van der Waals surface area contributed by atoms with Crippen LogP contribution in [0.4, 0.5) is 10.1 Å². The summed E-state index contributed by atoms with van der Waals surface area (Å²) in [6.45, 7) is 2.40. The minimum atomic E-state index is -0.248. The molecule has 0 fully saturated rings. The second kappa shape index (κ2) is 4.98. The lowest BCUT2D eigenvalue weighted by Gasteiger charge is -2.09. The van der Waals surface area contributed by atoms with Crippen LogP contribution in [-0.2, 0) is 6.54 Å². The first-order valence-electron chi connectivity index (χ1n) is 5.18. The van der Waals surface area contributed by atoms with E-state index in [9.17, 15) is 4.39 Å². The monoisotopic (exact) mass is 246 g/mol. The molecule has 17 heavy (non-hydrogen) atoms. The third-order valence-corrected chi connectivity index (χ3v) is 3.42. The first kappa shape index (κ1) is 11.6. The Morgan fingerprint density at radius 2 is 2.18 bits per heavy atom. The molecule has 0 aliphatic rings. The number of para-hydroxylation sites is 1. The highest BCUT2D eigenvalue weighted by molar-refractivity contribution is 7.12. The topological polar surface area (TPSA) is 35.8 Å². The predicted octanol–water partition coefficient (Wildman–Crippen LogP) is 3.68. The maximum absolute atomic E-state index is 13.5. The van der Waals surface area contributed by atoms with Crippen molar-refractivity contribution in [1.82, 2.24) is 0 Å². The number of anilines is 1. The zero-order valence-electron chi connectivity index (χ0n) is 9.33. The Morgan fingerprint density at radius 3 is 2.82 bits per heavy atom. The molecule has 0 aliphatic heterocycles. The summed E-state index contributed by atoms with van der Waals surface area (Å²) in [5, 5.41) is 11.8. The third kappa shape index (κ3) is 2.63. The molecule has 86 valence electrons. The van der Waals surface area contributed by atoms with Crippen molar-refractivity contribution in [3.63, 3.8) is 0 Å². The zero-order valence-corrected chi connectivity index (χ0v) is 10.1. The van der Waals surface area contributed by atoms with Crippen molar-refractivity contribution in [3.8, 4) is 6.07 Å². The van der Waals surface area contributed by atoms with Crippen LogP contribution in [-0.4, -0.2) is 0 Å². The summed E-state index contributed by atoms with van der Waals surface area (Å²) in [4.78, 5) is 1.69. The van der Waals surface area contributed by atoms with Crippen LogP contribution < -0.4 is 5.32 Å². The van der Waals surface area contributed by atoms with Crippen LogP contribution in [0.5, 0.6) is 0 Å². The number of nitriles is 1. The van der Waals surface area contributed by atoms with Crippen molar-refractivity contribution >= 4 is 17.0 Å². The second-order valence-electron chi connectivity index (χ2n) is 3.66. The number of nitrogens with zero attached hydrogens (tertiary/aromatic N) is 1. The number of rotatable bonds is 3. The van der Waals surface area contributed by atoms with Crippen molar-refractivity contribution in [1.29, 1.82) is 5.26 Å². The number of hydrogen-bond donors (Lipinski definition) is 1. The molecule has 0 atom stereocenters. The quantitative estimate of drug-likeness (QED) is 0.896. The second-order valence-corrected chi connectivity index (χ2v) is 4.83. The highest BCUT2D eigenvalue weighted by Gasteiger charge is 2.05. The van der Waals surface area contributed by atoms with Gasteiger partial charge in [0.15, 0.2) is 0 Å². The summed E-state index contributed by atoms with van der Waals surface area (Å²) in [5.74, 6) is -0.248. The van der Waals surface area contributed by atoms with Crippen molar-refractivity contribution in [2.45, 2.75) is 13.5 Å². The van der Waals surface area contributed by atoms with E-state index in [1.165, 1.54) is 17.4 Å². The highest BCUT2D eigenvalue weighted by atomic mass is 32.1. The Labute approximate surface area is 103 Å². The van der Waals surface area contributed by atoms with Crippen molar-refractivity contribution < 1.29 is 4.39 Å². The van der Waals surface area contributed by atoms with Gasteiger partial charge in [-0.25, -0.2) is 4.39 Å². The molecule has 0 bridgehead atoms. The summed E-state index contributed by atoms with van der Waals surface area (Å²) in [7, 11) is 0. The molecule has 1 heterocycles. The molecule has 0 aliphatic carbocycles. The summed E-state index contributed by atoms with van der Waals surface area (Å²) < 4.78 is 13.5. The van der Waals surface area contributed by atoms with E-state index in [1.807, 2.05) is 19.1 Å². The number of nitrogens with one attached hydrogen (secondary N) is 1. The molecule has 0 radical (unpaired) electrons. The van der Waals surface area contributed by atoms with Crippen molar-refractivity contribution in [2.75, 3.05) is 5.32 Å². The van der Waals surface area contributed by atoms with E-state index in [2.05, 4.69) is 11.4 Å². The van der Waals surface area contributed by atoms with Crippen molar-refractivity contribution in [3.05, 3.63) is 51.5 Å². The van der Waals surface area contributed by atoms with Gasteiger partial charge >= 0.3 is 0 Å². The van der Waals surface area contributed by atoms with Gasteiger partial charge in [0.25, 0.3) is 0 Å². The molecule has 4 heteroatoms. The van der Waals surface area contributed by atoms with Crippen LogP contribution in [0.1, 0.15) is 15.3 Å². The van der Waals surface area contributed by atoms with Crippen LogP contribution >= 0.6 is 11.3 Å². The average Bonchev–Trinajstić information content (AvgIpc) is 2.76. The Morgan fingerprint density at radius 1 is 1.35 bits per heavy atom. The van der Waals surface area contributed by atoms with Gasteiger partial charge in [0.05, 0.1) is 5.69 Å².